The minimum absolute atomic E-state index is 0.0225. The maximum absolute atomic E-state index is 11.6. The molecule has 1 aliphatic rings. The topological polar surface area (TPSA) is 73.8 Å². The van der Waals surface area contributed by atoms with E-state index in [1.165, 1.54) is 0 Å². The van der Waals surface area contributed by atoms with Gasteiger partial charge in [0.05, 0.1) is 26.4 Å². The highest BCUT2D eigenvalue weighted by molar-refractivity contribution is 5.77. The van der Waals surface area contributed by atoms with Crippen LogP contribution in [-0.4, -0.2) is 75.0 Å². The van der Waals surface area contributed by atoms with Crippen LogP contribution in [-0.2, 0) is 9.53 Å². The van der Waals surface area contributed by atoms with Crippen molar-refractivity contribution in [1.82, 2.24) is 15.5 Å². The van der Waals surface area contributed by atoms with E-state index < -0.39 is 0 Å². The third kappa shape index (κ3) is 7.27. The lowest BCUT2D eigenvalue weighted by Gasteiger charge is -2.18. The van der Waals surface area contributed by atoms with Crippen molar-refractivity contribution in [3.8, 4) is 0 Å². The minimum atomic E-state index is 0.0225. The highest BCUT2D eigenvalue weighted by atomic mass is 16.5. The Hall–Kier alpha value is -0.690. The Balaban J connectivity index is 2.03. The van der Waals surface area contributed by atoms with Gasteiger partial charge < -0.3 is 20.5 Å². The van der Waals surface area contributed by atoms with Gasteiger partial charge in [-0.1, -0.05) is 0 Å². The fraction of sp³-hybridized carbons (Fsp3) is 0.909. The Labute approximate surface area is 102 Å². The molecular formula is C11H23N3O3. The molecule has 17 heavy (non-hydrogen) atoms. The Morgan fingerprint density at radius 3 is 3.06 bits per heavy atom. The van der Waals surface area contributed by atoms with E-state index in [2.05, 4.69) is 15.5 Å². The van der Waals surface area contributed by atoms with Gasteiger partial charge in [-0.3, -0.25) is 9.69 Å². The predicted octanol–water partition coefficient (Wildman–Crippen LogP) is -1.59. The van der Waals surface area contributed by atoms with Crippen LogP contribution in [0.2, 0.25) is 0 Å². The number of hydrogen-bond acceptors (Lipinski definition) is 5. The van der Waals surface area contributed by atoms with E-state index in [9.17, 15) is 4.79 Å². The van der Waals surface area contributed by atoms with E-state index in [1.807, 2.05) is 0 Å². The van der Waals surface area contributed by atoms with Crippen LogP contribution in [0, 0.1) is 0 Å². The molecule has 0 atom stereocenters. The van der Waals surface area contributed by atoms with Gasteiger partial charge in [0.15, 0.2) is 0 Å². The van der Waals surface area contributed by atoms with Gasteiger partial charge in [-0.15, -0.1) is 0 Å². The molecule has 0 aliphatic carbocycles. The molecule has 0 saturated carbocycles. The van der Waals surface area contributed by atoms with Gasteiger partial charge in [-0.2, -0.15) is 0 Å². The highest BCUT2D eigenvalue weighted by Gasteiger charge is 2.11. The second kappa shape index (κ2) is 9.35. The maximum Gasteiger partial charge on any atom is 0.234 e. The van der Waals surface area contributed by atoms with Crippen LogP contribution < -0.4 is 10.6 Å². The molecule has 0 radical (unpaired) electrons. The zero-order chi connectivity index (χ0) is 12.3. The first-order chi connectivity index (χ1) is 8.33. The quantitative estimate of drug-likeness (QED) is 0.471. The number of amides is 1. The van der Waals surface area contributed by atoms with Crippen molar-refractivity contribution in [2.24, 2.45) is 0 Å². The van der Waals surface area contributed by atoms with Crippen LogP contribution in [0.15, 0.2) is 0 Å². The number of carbonyl (C=O) groups excluding carboxylic acids is 1. The van der Waals surface area contributed by atoms with Crippen molar-refractivity contribution < 1.29 is 14.6 Å². The van der Waals surface area contributed by atoms with Gasteiger partial charge in [-0.25, -0.2) is 0 Å². The Bertz CT molecular complexity index is 206. The first-order valence-corrected chi connectivity index (χ1v) is 6.21. The van der Waals surface area contributed by atoms with Crippen molar-refractivity contribution in [3.05, 3.63) is 0 Å². The van der Waals surface area contributed by atoms with Crippen molar-refractivity contribution in [1.29, 1.82) is 0 Å². The third-order valence-electron chi connectivity index (χ3n) is 2.60. The maximum atomic E-state index is 11.6. The summed E-state index contributed by atoms with van der Waals surface area (Å²) in [6, 6.07) is 0. The Kier molecular flexibility index (Phi) is 7.91. The largest absolute Gasteiger partial charge is 0.394 e. The third-order valence-corrected chi connectivity index (χ3v) is 2.60. The van der Waals surface area contributed by atoms with Crippen LogP contribution in [0.4, 0.5) is 0 Å². The summed E-state index contributed by atoms with van der Waals surface area (Å²) in [5.41, 5.74) is 0. The van der Waals surface area contributed by atoms with E-state index in [4.69, 9.17) is 9.84 Å². The molecule has 100 valence electrons. The van der Waals surface area contributed by atoms with E-state index >= 15 is 0 Å². The van der Waals surface area contributed by atoms with Crippen molar-refractivity contribution in [3.63, 3.8) is 0 Å². The van der Waals surface area contributed by atoms with Gasteiger partial charge >= 0.3 is 0 Å². The molecule has 0 aromatic rings. The van der Waals surface area contributed by atoms with Crippen LogP contribution in [0.25, 0.3) is 0 Å². The molecule has 3 N–H and O–H groups in total. The lowest BCUT2D eigenvalue weighted by Crippen LogP contribution is -2.40. The van der Waals surface area contributed by atoms with Gasteiger partial charge in [0.2, 0.25) is 5.91 Å². The number of aliphatic hydroxyl groups is 1. The van der Waals surface area contributed by atoms with E-state index in [0.717, 1.165) is 32.6 Å². The summed E-state index contributed by atoms with van der Waals surface area (Å²) >= 11 is 0. The van der Waals surface area contributed by atoms with E-state index in [-0.39, 0.29) is 12.5 Å². The summed E-state index contributed by atoms with van der Waals surface area (Å²) in [7, 11) is 0. The standard InChI is InChI=1S/C11H23N3O3/c15-7-9-17-8-4-13-11(16)10-14-5-1-2-12-3-6-14/h12,15H,1-10H2,(H,13,16). The predicted molar refractivity (Wildman–Crippen MR) is 64.8 cm³/mol. The van der Waals surface area contributed by atoms with Gasteiger partial charge in [0.1, 0.15) is 0 Å². The monoisotopic (exact) mass is 245 g/mol. The van der Waals surface area contributed by atoms with Crippen molar-refractivity contribution in [2.45, 2.75) is 6.42 Å². The van der Waals surface area contributed by atoms with Crippen LogP contribution in [0.5, 0.6) is 0 Å². The molecule has 6 heteroatoms. The first kappa shape index (κ1) is 14.4. The highest BCUT2D eigenvalue weighted by Crippen LogP contribution is 1.94. The summed E-state index contributed by atoms with van der Waals surface area (Å²) in [5.74, 6) is 0.0412. The normalized spacial score (nSPS) is 17.7. The summed E-state index contributed by atoms with van der Waals surface area (Å²) in [4.78, 5) is 13.7. The number of aliphatic hydroxyl groups excluding tert-OH is 1. The lowest BCUT2D eigenvalue weighted by atomic mass is 10.4. The fourth-order valence-corrected chi connectivity index (χ4v) is 1.75. The molecule has 0 unspecified atom stereocenters. The molecule has 0 aromatic carbocycles. The lowest BCUT2D eigenvalue weighted by molar-refractivity contribution is -0.122. The summed E-state index contributed by atoms with van der Waals surface area (Å²) in [6.45, 7) is 5.65. The minimum Gasteiger partial charge on any atom is -0.394 e. The zero-order valence-corrected chi connectivity index (χ0v) is 10.3. The second-order valence-electron chi connectivity index (χ2n) is 4.07. The Morgan fingerprint density at radius 1 is 1.35 bits per heavy atom. The average molecular weight is 245 g/mol. The number of nitrogens with zero attached hydrogens (tertiary/aromatic N) is 1. The summed E-state index contributed by atoms with van der Waals surface area (Å²) in [6.07, 6.45) is 1.09. The van der Waals surface area contributed by atoms with E-state index in [0.29, 0.717) is 26.3 Å². The number of ether oxygens (including phenoxy) is 1. The average Bonchev–Trinajstić information content (AvgIpc) is 2.57. The van der Waals surface area contributed by atoms with Gasteiger partial charge in [0, 0.05) is 19.6 Å². The fourth-order valence-electron chi connectivity index (χ4n) is 1.75. The number of carbonyl (C=O) groups is 1. The van der Waals surface area contributed by atoms with Crippen LogP contribution in [0.1, 0.15) is 6.42 Å². The van der Waals surface area contributed by atoms with Crippen molar-refractivity contribution in [2.75, 3.05) is 59.1 Å². The van der Waals surface area contributed by atoms with Crippen LogP contribution >= 0.6 is 0 Å². The second-order valence-corrected chi connectivity index (χ2v) is 4.07. The molecule has 0 spiro atoms. The molecule has 1 rings (SSSR count). The van der Waals surface area contributed by atoms with Gasteiger partial charge in [0.25, 0.3) is 0 Å². The van der Waals surface area contributed by atoms with Gasteiger partial charge in [-0.05, 0) is 19.5 Å². The molecule has 1 aliphatic heterocycles. The van der Waals surface area contributed by atoms with E-state index in [1.54, 1.807) is 0 Å². The molecule has 1 saturated heterocycles. The molecule has 0 aromatic heterocycles. The summed E-state index contributed by atoms with van der Waals surface area (Å²) < 4.78 is 5.05. The Morgan fingerprint density at radius 2 is 2.24 bits per heavy atom. The number of rotatable bonds is 7. The molecule has 0 bridgehead atoms. The number of hydrogen-bond donors (Lipinski definition) is 3. The molecule has 1 fully saturated rings. The summed E-state index contributed by atoms with van der Waals surface area (Å²) in [5, 5.41) is 14.6. The van der Waals surface area contributed by atoms with Crippen molar-refractivity contribution >= 4 is 5.91 Å². The molecule has 1 amide bonds. The molecule has 6 nitrogen and oxygen atoms in total. The molecule has 1 heterocycles. The number of nitrogens with one attached hydrogen (secondary N) is 2. The zero-order valence-electron chi connectivity index (χ0n) is 10.3. The van der Waals surface area contributed by atoms with Crippen LogP contribution in [0.3, 0.4) is 0 Å². The SMILES string of the molecule is O=C(CN1CCCNCC1)NCCOCCO. The smallest absolute Gasteiger partial charge is 0.234 e. The molecular weight excluding hydrogens is 222 g/mol. The first-order valence-electron chi connectivity index (χ1n) is 6.21.